The fourth-order valence-electron chi connectivity index (χ4n) is 3.03. The lowest BCUT2D eigenvalue weighted by atomic mass is 10.2. The monoisotopic (exact) mass is 396 g/mol. The smallest absolute Gasteiger partial charge is 0.180 e. The van der Waals surface area contributed by atoms with Crippen molar-refractivity contribution in [3.8, 4) is 5.75 Å². The molecule has 7 nitrogen and oxygen atoms in total. The summed E-state index contributed by atoms with van der Waals surface area (Å²) in [6, 6.07) is 12.4. The van der Waals surface area contributed by atoms with Gasteiger partial charge in [0.25, 0.3) is 0 Å². The van der Waals surface area contributed by atoms with Crippen molar-refractivity contribution in [3.05, 3.63) is 48.7 Å². The molecule has 28 heavy (non-hydrogen) atoms. The first-order valence-corrected chi connectivity index (χ1v) is 10.4. The summed E-state index contributed by atoms with van der Waals surface area (Å²) in [5.41, 5.74) is 2.29. The molecule has 2 N–H and O–H groups in total. The number of sulfone groups is 1. The Morgan fingerprint density at radius 1 is 1.07 bits per heavy atom. The number of aromatic amines is 1. The second-order valence-corrected chi connectivity index (χ2v) is 9.24. The van der Waals surface area contributed by atoms with Crippen molar-refractivity contribution >= 4 is 43.1 Å². The summed E-state index contributed by atoms with van der Waals surface area (Å²) in [5, 5.41) is 11.7. The minimum Gasteiger partial charge on any atom is -0.497 e. The van der Waals surface area contributed by atoms with Gasteiger partial charge in [-0.25, -0.2) is 8.42 Å². The average Bonchev–Trinajstić information content (AvgIpc) is 3.09. The molecule has 144 valence electrons. The second kappa shape index (κ2) is 6.79. The molecular weight excluding hydrogens is 376 g/mol. The molecule has 0 atom stereocenters. The van der Waals surface area contributed by atoms with Gasteiger partial charge in [0.1, 0.15) is 5.75 Å². The Balaban J connectivity index is 1.83. The number of H-pyrrole nitrogens is 1. The van der Waals surface area contributed by atoms with E-state index in [4.69, 9.17) is 4.74 Å². The van der Waals surface area contributed by atoms with Gasteiger partial charge in [0.15, 0.2) is 15.7 Å². The van der Waals surface area contributed by atoms with E-state index in [1.165, 1.54) is 0 Å². The van der Waals surface area contributed by atoms with Gasteiger partial charge in [-0.05, 0) is 56.3 Å². The Hall–Kier alpha value is -3.13. The third-order valence-electron chi connectivity index (χ3n) is 4.69. The summed E-state index contributed by atoms with van der Waals surface area (Å²) in [5.74, 6) is 1.35. The van der Waals surface area contributed by atoms with Crippen molar-refractivity contribution in [1.29, 1.82) is 0 Å². The number of hydrogen-bond acceptors (Lipinski definition) is 6. The van der Waals surface area contributed by atoms with Gasteiger partial charge in [-0.2, -0.15) is 5.10 Å². The number of nitrogens with one attached hydrogen (secondary N) is 2. The Bertz CT molecular complexity index is 1280. The summed E-state index contributed by atoms with van der Waals surface area (Å²) in [6.07, 6.45) is 1.68. The molecule has 2 heterocycles. The van der Waals surface area contributed by atoms with Crippen LogP contribution in [0.5, 0.6) is 5.75 Å². The summed E-state index contributed by atoms with van der Waals surface area (Å²) in [7, 11) is -1.77. The highest BCUT2D eigenvalue weighted by atomic mass is 32.2. The molecule has 0 spiro atoms. The van der Waals surface area contributed by atoms with E-state index in [-0.39, 0.29) is 4.90 Å². The van der Waals surface area contributed by atoms with Crippen LogP contribution in [0.4, 0.5) is 11.5 Å². The highest BCUT2D eigenvalue weighted by Crippen LogP contribution is 2.31. The standard InChI is InChI=1S/C20H20N4O3S/c1-12(2)28(25,26)14-5-7-17-15(11-14)18(8-9-21-17)22-20-16-10-13(27-3)4-6-19(16)23-24-20/h4-12H,1-3H3,(H2,21,22,23,24). The highest BCUT2D eigenvalue weighted by molar-refractivity contribution is 7.92. The maximum absolute atomic E-state index is 12.6. The molecule has 0 radical (unpaired) electrons. The molecule has 0 bridgehead atoms. The molecular formula is C20H20N4O3S. The third-order valence-corrected chi connectivity index (χ3v) is 6.84. The average molecular weight is 396 g/mol. The molecule has 0 saturated carbocycles. The third kappa shape index (κ3) is 3.05. The minimum absolute atomic E-state index is 0.277. The highest BCUT2D eigenvalue weighted by Gasteiger charge is 2.20. The number of nitrogens with zero attached hydrogens (tertiary/aromatic N) is 2. The van der Waals surface area contributed by atoms with Gasteiger partial charge < -0.3 is 10.1 Å². The van der Waals surface area contributed by atoms with Crippen molar-refractivity contribution in [2.45, 2.75) is 24.0 Å². The predicted molar refractivity (Wildman–Crippen MR) is 110 cm³/mol. The molecule has 2 aromatic heterocycles. The van der Waals surface area contributed by atoms with Crippen LogP contribution in [0.3, 0.4) is 0 Å². The van der Waals surface area contributed by atoms with Crippen molar-refractivity contribution in [1.82, 2.24) is 15.2 Å². The van der Waals surface area contributed by atoms with Gasteiger partial charge >= 0.3 is 0 Å². The number of pyridine rings is 1. The van der Waals surface area contributed by atoms with E-state index in [1.807, 2.05) is 18.2 Å². The topological polar surface area (TPSA) is 97.0 Å². The summed E-state index contributed by atoms with van der Waals surface area (Å²) in [4.78, 5) is 4.62. The van der Waals surface area contributed by atoms with Crippen LogP contribution in [-0.4, -0.2) is 36.0 Å². The van der Waals surface area contributed by atoms with Crippen molar-refractivity contribution in [2.75, 3.05) is 12.4 Å². The molecule has 4 aromatic rings. The maximum Gasteiger partial charge on any atom is 0.180 e. The summed E-state index contributed by atoms with van der Waals surface area (Å²) < 4.78 is 30.5. The summed E-state index contributed by atoms with van der Waals surface area (Å²) in [6.45, 7) is 3.34. The number of ether oxygens (including phenoxy) is 1. The number of methoxy groups -OCH3 is 1. The van der Waals surface area contributed by atoms with Gasteiger partial charge in [0.05, 0.1) is 34.0 Å². The number of benzene rings is 2. The van der Waals surface area contributed by atoms with E-state index >= 15 is 0 Å². The number of anilines is 2. The zero-order valence-corrected chi connectivity index (χ0v) is 16.5. The van der Waals surface area contributed by atoms with Crippen LogP contribution in [0.2, 0.25) is 0 Å². The van der Waals surface area contributed by atoms with Crippen LogP contribution < -0.4 is 10.1 Å². The lowest BCUT2D eigenvalue weighted by Gasteiger charge is -2.11. The van der Waals surface area contributed by atoms with Crippen LogP contribution in [0.15, 0.2) is 53.6 Å². The predicted octanol–water partition coefficient (Wildman–Crippen LogP) is 4.05. The Labute approximate surface area is 162 Å². The van der Waals surface area contributed by atoms with Crippen LogP contribution >= 0.6 is 0 Å². The first-order chi connectivity index (χ1) is 13.4. The molecule has 0 fully saturated rings. The van der Waals surface area contributed by atoms with E-state index in [1.54, 1.807) is 51.4 Å². The summed E-state index contributed by atoms with van der Waals surface area (Å²) >= 11 is 0. The van der Waals surface area contributed by atoms with Crippen LogP contribution in [-0.2, 0) is 9.84 Å². The molecule has 2 aromatic carbocycles. The Morgan fingerprint density at radius 2 is 1.89 bits per heavy atom. The first-order valence-electron chi connectivity index (χ1n) is 8.82. The molecule has 8 heteroatoms. The quantitative estimate of drug-likeness (QED) is 0.528. The number of hydrogen-bond donors (Lipinski definition) is 2. The van der Waals surface area contributed by atoms with E-state index in [0.29, 0.717) is 16.7 Å². The van der Waals surface area contributed by atoms with Gasteiger partial charge in [-0.1, -0.05) is 0 Å². The minimum atomic E-state index is -3.38. The largest absolute Gasteiger partial charge is 0.497 e. The lowest BCUT2D eigenvalue weighted by molar-refractivity contribution is 0.415. The van der Waals surface area contributed by atoms with Crippen LogP contribution in [0, 0.1) is 0 Å². The van der Waals surface area contributed by atoms with Crippen molar-refractivity contribution < 1.29 is 13.2 Å². The Morgan fingerprint density at radius 3 is 2.64 bits per heavy atom. The van der Waals surface area contributed by atoms with E-state index in [0.717, 1.165) is 22.3 Å². The number of aromatic nitrogens is 3. The van der Waals surface area contributed by atoms with Gasteiger partial charge in [0.2, 0.25) is 0 Å². The molecule has 0 aliphatic rings. The molecule has 0 amide bonds. The van der Waals surface area contributed by atoms with E-state index in [9.17, 15) is 8.42 Å². The molecule has 4 rings (SSSR count). The number of fused-ring (bicyclic) bond motifs is 2. The normalized spacial score (nSPS) is 12.0. The van der Waals surface area contributed by atoms with Crippen molar-refractivity contribution in [2.24, 2.45) is 0 Å². The maximum atomic E-state index is 12.6. The zero-order valence-electron chi connectivity index (χ0n) is 15.7. The molecule has 0 aliphatic carbocycles. The first kappa shape index (κ1) is 18.2. The van der Waals surface area contributed by atoms with E-state index in [2.05, 4.69) is 20.5 Å². The molecule has 0 aliphatic heterocycles. The molecule has 0 unspecified atom stereocenters. The van der Waals surface area contributed by atoms with Crippen molar-refractivity contribution in [3.63, 3.8) is 0 Å². The number of rotatable bonds is 5. The van der Waals surface area contributed by atoms with E-state index < -0.39 is 15.1 Å². The zero-order chi connectivity index (χ0) is 19.9. The van der Waals surface area contributed by atoms with Gasteiger partial charge in [-0.3, -0.25) is 10.1 Å². The lowest BCUT2D eigenvalue weighted by Crippen LogP contribution is -2.13. The Kier molecular flexibility index (Phi) is 4.43. The SMILES string of the molecule is COc1ccc2[nH]nc(Nc3ccnc4ccc(S(=O)(=O)C(C)C)cc34)c2c1. The van der Waals surface area contributed by atoms with Crippen LogP contribution in [0.1, 0.15) is 13.8 Å². The fourth-order valence-corrected chi connectivity index (χ4v) is 4.11. The van der Waals surface area contributed by atoms with Gasteiger partial charge in [0, 0.05) is 17.0 Å². The molecule has 0 saturated heterocycles. The van der Waals surface area contributed by atoms with Crippen LogP contribution in [0.25, 0.3) is 21.8 Å². The van der Waals surface area contributed by atoms with Gasteiger partial charge in [-0.15, -0.1) is 0 Å². The second-order valence-electron chi connectivity index (χ2n) is 6.74. The fraction of sp³-hybridized carbons (Fsp3) is 0.200.